The fraction of sp³-hybridized carbons (Fsp3) is 0.200. The van der Waals surface area contributed by atoms with E-state index in [4.69, 9.17) is 11.0 Å². The minimum Gasteiger partial charge on any atom is -0.397 e. The van der Waals surface area contributed by atoms with Gasteiger partial charge >= 0.3 is 0 Å². The van der Waals surface area contributed by atoms with Gasteiger partial charge in [-0.1, -0.05) is 41.1 Å². The van der Waals surface area contributed by atoms with Gasteiger partial charge in [-0.15, -0.1) is 0 Å². The van der Waals surface area contributed by atoms with Gasteiger partial charge in [0, 0.05) is 11.9 Å². The molecule has 1 aromatic carbocycles. The van der Waals surface area contributed by atoms with Crippen LogP contribution in [0.5, 0.6) is 0 Å². The lowest BCUT2D eigenvalue weighted by atomic mass is 10.1. The van der Waals surface area contributed by atoms with Crippen LogP contribution in [0.3, 0.4) is 0 Å². The average molecular weight is 269 g/mol. The Morgan fingerprint density at radius 2 is 1.89 bits per heavy atom. The van der Waals surface area contributed by atoms with Crippen LogP contribution >= 0.6 is 11.8 Å². The Kier molecular flexibility index (Phi) is 4.08. The third-order valence-corrected chi connectivity index (χ3v) is 3.76. The van der Waals surface area contributed by atoms with Crippen LogP contribution in [0.1, 0.15) is 22.3 Å². The predicted octanol–water partition coefficient (Wildman–Crippen LogP) is 3.44. The second-order valence-electron chi connectivity index (χ2n) is 4.51. The number of thioether (sulfide) groups is 1. The summed E-state index contributed by atoms with van der Waals surface area (Å²) in [6.45, 7) is 4.19. The molecule has 4 heteroatoms. The summed E-state index contributed by atoms with van der Waals surface area (Å²) in [6.07, 6.45) is 1.56. The summed E-state index contributed by atoms with van der Waals surface area (Å²) in [6, 6.07) is 10.2. The molecule has 19 heavy (non-hydrogen) atoms. The molecule has 3 nitrogen and oxygen atoms in total. The Labute approximate surface area is 117 Å². The maximum Gasteiger partial charge on any atom is 0.119 e. The standard InChI is InChI=1S/C15H15N3S/c1-10-3-11(2)5-12(4-10)9-19-15-14(17)6-13(7-16)8-18-15/h3-6,8H,9,17H2,1-2H3. The zero-order chi connectivity index (χ0) is 13.8. The van der Waals surface area contributed by atoms with Crippen molar-refractivity contribution >= 4 is 17.4 Å². The van der Waals surface area contributed by atoms with E-state index in [0.29, 0.717) is 11.3 Å². The van der Waals surface area contributed by atoms with Gasteiger partial charge in [0.1, 0.15) is 11.1 Å². The van der Waals surface area contributed by atoms with Crippen LogP contribution in [0.25, 0.3) is 0 Å². The first-order chi connectivity index (χ1) is 9.08. The summed E-state index contributed by atoms with van der Waals surface area (Å²) in [4.78, 5) is 4.22. The zero-order valence-electron chi connectivity index (χ0n) is 11.0. The first kappa shape index (κ1) is 13.4. The van der Waals surface area contributed by atoms with E-state index in [1.54, 1.807) is 24.0 Å². The van der Waals surface area contributed by atoms with Crippen molar-refractivity contribution < 1.29 is 0 Å². The Morgan fingerprint density at radius 1 is 1.21 bits per heavy atom. The van der Waals surface area contributed by atoms with Crippen molar-refractivity contribution in [2.45, 2.75) is 24.6 Å². The fourth-order valence-corrected chi connectivity index (χ4v) is 2.78. The fourth-order valence-electron chi connectivity index (χ4n) is 1.95. The van der Waals surface area contributed by atoms with Crippen molar-refractivity contribution in [3.8, 4) is 6.07 Å². The molecule has 0 amide bonds. The molecule has 0 radical (unpaired) electrons. The van der Waals surface area contributed by atoms with Crippen LogP contribution in [0, 0.1) is 25.2 Å². The first-order valence-electron chi connectivity index (χ1n) is 5.94. The molecule has 0 atom stereocenters. The highest BCUT2D eigenvalue weighted by molar-refractivity contribution is 7.98. The molecule has 2 N–H and O–H groups in total. The van der Waals surface area contributed by atoms with E-state index in [-0.39, 0.29) is 0 Å². The van der Waals surface area contributed by atoms with E-state index in [2.05, 4.69) is 37.0 Å². The first-order valence-corrected chi connectivity index (χ1v) is 6.92. The number of anilines is 1. The number of nitrogens with two attached hydrogens (primary N) is 1. The Hall–Kier alpha value is -1.99. The third-order valence-electron chi connectivity index (χ3n) is 2.66. The van der Waals surface area contributed by atoms with Gasteiger partial charge in [-0.3, -0.25) is 0 Å². The number of hydrogen-bond donors (Lipinski definition) is 1. The monoisotopic (exact) mass is 269 g/mol. The maximum atomic E-state index is 8.77. The minimum absolute atomic E-state index is 0.494. The molecule has 0 aliphatic rings. The molecular formula is C15H15N3S. The van der Waals surface area contributed by atoms with E-state index < -0.39 is 0 Å². The third kappa shape index (κ3) is 3.49. The Morgan fingerprint density at radius 3 is 2.47 bits per heavy atom. The van der Waals surface area contributed by atoms with Gasteiger partial charge in [-0.2, -0.15) is 5.26 Å². The molecule has 96 valence electrons. The molecule has 0 saturated heterocycles. The molecule has 0 unspecified atom stereocenters. The minimum atomic E-state index is 0.494. The largest absolute Gasteiger partial charge is 0.397 e. The molecule has 2 aromatic rings. The summed E-state index contributed by atoms with van der Waals surface area (Å²) in [5.74, 6) is 0.825. The van der Waals surface area contributed by atoms with E-state index in [9.17, 15) is 0 Å². The summed E-state index contributed by atoms with van der Waals surface area (Å²) in [5.41, 5.74) is 10.7. The zero-order valence-corrected chi connectivity index (χ0v) is 11.8. The van der Waals surface area contributed by atoms with Crippen molar-refractivity contribution in [1.82, 2.24) is 4.98 Å². The molecule has 1 heterocycles. The van der Waals surface area contributed by atoms with Gasteiger partial charge in [-0.25, -0.2) is 4.98 Å². The lowest BCUT2D eigenvalue weighted by Crippen LogP contribution is -1.94. The normalized spacial score (nSPS) is 10.2. The van der Waals surface area contributed by atoms with Crippen LogP contribution in [0.2, 0.25) is 0 Å². The van der Waals surface area contributed by atoms with Crippen molar-refractivity contribution in [3.63, 3.8) is 0 Å². The topological polar surface area (TPSA) is 62.7 Å². The van der Waals surface area contributed by atoms with Crippen molar-refractivity contribution in [2.75, 3.05) is 5.73 Å². The second-order valence-corrected chi connectivity index (χ2v) is 5.48. The molecule has 0 aliphatic heterocycles. The van der Waals surface area contributed by atoms with Crippen LogP contribution in [-0.4, -0.2) is 4.98 Å². The molecule has 1 aromatic heterocycles. The van der Waals surface area contributed by atoms with E-state index in [0.717, 1.165) is 10.8 Å². The second kappa shape index (κ2) is 5.77. The van der Waals surface area contributed by atoms with E-state index in [1.165, 1.54) is 16.7 Å². The highest BCUT2D eigenvalue weighted by atomic mass is 32.2. The van der Waals surface area contributed by atoms with Gasteiger partial charge in [0.2, 0.25) is 0 Å². The number of hydrogen-bond acceptors (Lipinski definition) is 4. The number of benzene rings is 1. The van der Waals surface area contributed by atoms with Crippen LogP contribution in [-0.2, 0) is 5.75 Å². The lowest BCUT2D eigenvalue weighted by molar-refractivity contribution is 1.13. The van der Waals surface area contributed by atoms with Gasteiger partial charge in [0.05, 0.1) is 11.3 Å². The summed E-state index contributed by atoms with van der Waals surface area (Å²) >= 11 is 1.59. The summed E-state index contributed by atoms with van der Waals surface area (Å²) in [5, 5.41) is 9.55. The van der Waals surface area contributed by atoms with Crippen molar-refractivity contribution in [2.24, 2.45) is 0 Å². The summed E-state index contributed by atoms with van der Waals surface area (Å²) < 4.78 is 0. The Balaban J connectivity index is 2.12. The summed E-state index contributed by atoms with van der Waals surface area (Å²) in [7, 11) is 0. The number of nitriles is 1. The number of aromatic nitrogens is 1. The van der Waals surface area contributed by atoms with E-state index in [1.807, 2.05) is 6.07 Å². The highest BCUT2D eigenvalue weighted by Crippen LogP contribution is 2.27. The molecule has 0 spiro atoms. The quantitative estimate of drug-likeness (QED) is 0.867. The molecular weight excluding hydrogens is 254 g/mol. The molecule has 0 bridgehead atoms. The van der Waals surface area contributed by atoms with Gasteiger partial charge in [-0.05, 0) is 25.5 Å². The number of aryl methyl sites for hydroxylation is 2. The molecule has 0 aliphatic carbocycles. The Bertz CT molecular complexity index is 624. The van der Waals surface area contributed by atoms with Gasteiger partial charge in [0.15, 0.2) is 0 Å². The predicted molar refractivity (Wildman–Crippen MR) is 78.8 cm³/mol. The van der Waals surface area contributed by atoms with Crippen LogP contribution < -0.4 is 5.73 Å². The van der Waals surface area contributed by atoms with Gasteiger partial charge < -0.3 is 5.73 Å². The lowest BCUT2D eigenvalue weighted by Gasteiger charge is -2.06. The van der Waals surface area contributed by atoms with E-state index >= 15 is 0 Å². The highest BCUT2D eigenvalue weighted by Gasteiger charge is 2.04. The molecule has 0 saturated carbocycles. The van der Waals surface area contributed by atoms with Crippen molar-refractivity contribution in [1.29, 1.82) is 5.26 Å². The van der Waals surface area contributed by atoms with Crippen LogP contribution in [0.4, 0.5) is 5.69 Å². The smallest absolute Gasteiger partial charge is 0.119 e. The van der Waals surface area contributed by atoms with Crippen LogP contribution in [0.15, 0.2) is 35.5 Å². The molecule has 2 rings (SSSR count). The van der Waals surface area contributed by atoms with Crippen molar-refractivity contribution in [3.05, 3.63) is 52.7 Å². The number of nitrogen functional groups attached to an aromatic ring is 1. The number of nitrogens with zero attached hydrogens (tertiary/aromatic N) is 2. The number of pyridine rings is 1. The number of rotatable bonds is 3. The maximum absolute atomic E-state index is 8.77. The average Bonchev–Trinajstić information content (AvgIpc) is 2.36. The molecule has 0 fully saturated rings. The van der Waals surface area contributed by atoms with Gasteiger partial charge in [0.25, 0.3) is 0 Å². The SMILES string of the molecule is Cc1cc(C)cc(CSc2ncc(C#N)cc2N)c1.